The number of pyridine rings is 1. The Labute approximate surface area is 110 Å². The average Bonchev–Trinajstić information content (AvgIpc) is 2.77. The number of benzene rings is 1. The van der Waals surface area contributed by atoms with Crippen LogP contribution in [0.5, 0.6) is 0 Å². The average molecular weight is 255 g/mol. The third kappa shape index (κ3) is 2.15. The Kier molecular flexibility index (Phi) is 2.89. The predicted molar refractivity (Wildman–Crippen MR) is 70.4 cm³/mol. The van der Waals surface area contributed by atoms with Gasteiger partial charge >= 0.3 is 5.97 Å². The first kappa shape index (κ1) is 11.7. The second-order valence-electron chi connectivity index (χ2n) is 4.25. The highest BCUT2D eigenvalue weighted by molar-refractivity contribution is 5.93. The summed E-state index contributed by atoms with van der Waals surface area (Å²) in [5.41, 5.74) is 4.56. The van der Waals surface area contributed by atoms with Crippen LogP contribution in [-0.4, -0.2) is 18.0 Å². The maximum Gasteiger partial charge on any atom is 0.340 e. The molecule has 96 valence electrons. The van der Waals surface area contributed by atoms with E-state index < -0.39 is 6.23 Å². The molecule has 0 bridgehead atoms. The minimum atomic E-state index is -0.476. The van der Waals surface area contributed by atoms with E-state index in [2.05, 4.69) is 10.4 Å². The normalized spacial score (nSPS) is 16.9. The van der Waals surface area contributed by atoms with Crippen molar-refractivity contribution in [2.75, 3.05) is 12.1 Å². The summed E-state index contributed by atoms with van der Waals surface area (Å²) in [7, 11) is 1.83. The first-order valence-electron chi connectivity index (χ1n) is 5.96. The lowest BCUT2D eigenvalue weighted by Gasteiger charge is -2.23. The van der Waals surface area contributed by atoms with Gasteiger partial charge in [-0.2, -0.15) is 5.43 Å². The summed E-state index contributed by atoms with van der Waals surface area (Å²) >= 11 is 0. The first-order valence-corrected chi connectivity index (χ1v) is 5.96. The molecule has 1 aliphatic rings. The minimum Gasteiger partial charge on any atom is -0.437 e. The lowest BCUT2D eigenvalue weighted by molar-refractivity contribution is 0.0304. The molecule has 1 atom stereocenters. The van der Waals surface area contributed by atoms with Gasteiger partial charge in [0, 0.05) is 18.8 Å². The quantitative estimate of drug-likeness (QED) is 0.670. The number of fused-ring (bicyclic) bond motifs is 1. The van der Waals surface area contributed by atoms with E-state index in [-0.39, 0.29) is 5.97 Å². The van der Waals surface area contributed by atoms with Crippen LogP contribution in [0, 0.1) is 0 Å². The van der Waals surface area contributed by atoms with Crippen LogP contribution in [0.2, 0.25) is 0 Å². The molecule has 2 heterocycles. The van der Waals surface area contributed by atoms with Gasteiger partial charge in [0.15, 0.2) is 6.23 Å². The Morgan fingerprint density at radius 2 is 2.00 bits per heavy atom. The number of ether oxygens (including phenoxy) is 1. The summed E-state index contributed by atoms with van der Waals surface area (Å²) < 4.78 is 5.30. The molecule has 5 nitrogen and oxygen atoms in total. The molecule has 1 N–H and O–H groups in total. The van der Waals surface area contributed by atoms with Gasteiger partial charge in [0.2, 0.25) is 0 Å². The van der Waals surface area contributed by atoms with Crippen LogP contribution >= 0.6 is 0 Å². The Balaban J connectivity index is 1.81. The summed E-state index contributed by atoms with van der Waals surface area (Å²) in [5, 5.41) is 1.74. The van der Waals surface area contributed by atoms with Crippen molar-refractivity contribution in [2.45, 2.75) is 6.23 Å². The third-order valence-electron chi connectivity index (χ3n) is 2.99. The highest BCUT2D eigenvalue weighted by atomic mass is 16.6. The van der Waals surface area contributed by atoms with Crippen molar-refractivity contribution < 1.29 is 9.53 Å². The SMILES string of the molecule is CN(NC1OC(=O)c2ccccc21)c1ccccn1. The van der Waals surface area contributed by atoms with Crippen molar-refractivity contribution >= 4 is 11.8 Å². The fraction of sp³-hybridized carbons (Fsp3) is 0.143. The van der Waals surface area contributed by atoms with Gasteiger partial charge in [-0.1, -0.05) is 24.3 Å². The van der Waals surface area contributed by atoms with Crippen LogP contribution < -0.4 is 10.4 Å². The van der Waals surface area contributed by atoms with Gasteiger partial charge in [-0.05, 0) is 18.2 Å². The van der Waals surface area contributed by atoms with Crippen LogP contribution in [0.3, 0.4) is 0 Å². The molecule has 19 heavy (non-hydrogen) atoms. The number of anilines is 1. The summed E-state index contributed by atoms with van der Waals surface area (Å²) in [6.07, 6.45) is 1.23. The molecule has 0 spiro atoms. The molecule has 5 heteroatoms. The first-order chi connectivity index (χ1) is 9.25. The van der Waals surface area contributed by atoms with Crippen LogP contribution in [0.1, 0.15) is 22.1 Å². The zero-order valence-corrected chi connectivity index (χ0v) is 10.4. The predicted octanol–water partition coefficient (Wildman–Crippen LogP) is 1.89. The summed E-state index contributed by atoms with van der Waals surface area (Å²) in [4.78, 5) is 15.9. The van der Waals surface area contributed by atoms with E-state index in [0.717, 1.165) is 11.4 Å². The highest BCUT2D eigenvalue weighted by Crippen LogP contribution is 2.28. The molecule has 1 aromatic carbocycles. The molecular weight excluding hydrogens is 242 g/mol. The molecule has 1 aromatic heterocycles. The van der Waals surface area contributed by atoms with E-state index in [1.807, 2.05) is 43.4 Å². The number of rotatable bonds is 3. The van der Waals surface area contributed by atoms with E-state index in [1.165, 1.54) is 0 Å². The van der Waals surface area contributed by atoms with Crippen molar-refractivity contribution in [3.05, 3.63) is 59.8 Å². The Bertz CT molecular complexity index is 601. The monoisotopic (exact) mass is 255 g/mol. The fourth-order valence-electron chi connectivity index (χ4n) is 2.04. The zero-order valence-electron chi connectivity index (χ0n) is 10.4. The molecule has 0 amide bonds. The maximum atomic E-state index is 11.7. The standard InChI is InChI=1S/C14H13N3O2/c1-17(12-8-4-5-9-15-12)16-13-10-6-2-3-7-11(10)14(18)19-13/h2-9,13,16H,1H3. The van der Waals surface area contributed by atoms with E-state index in [0.29, 0.717) is 5.56 Å². The number of carbonyl (C=O) groups excluding carboxylic acids is 1. The number of carbonyl (C=O) groups is 1. The van der Waals surface area contributed by atoms with Crippen LogP contribution in [0.15, 0.2) is 48.7 Å². The van der Waals surface area contributed by atoms with Crippen LogP contribution in [0.25, 0.3) is 0 Å². The van der Waals surface area contributed by atoms with Crippen LogP contribution in [0.4, 0.5) is 5.82 Å². The number of nitrogens with zero attached hydrogens (tertiary/aromatic N) is 2. The number of esters is 1. The lowest BCUT2D eigenvalue weighted by atomic mass is 10.1. The van der Waals surface area contributed by atoms with Gasteiger partial charge < -0.3 is 4.74 Å². The van der Waals surface area contributed by atoms with Gasteiger partial charge in [-0.25, -0.2) is 9.78 Å². The third-order valence-corrected chi connectivity index (χ3v) is 2.99. The number of hydrogen-bond donors (Lipinski definition) is 1. The Morgan fingerprint density at radius 3 is 2.79 bits per heavy atom. The molecule has 3 rings (SSSR count). The molecule has 1 unspecified atom stereocenters. The van der Waals surface area contributed by atoms with E-state index in [1.54, 1.807) is 17.3 Å². The molecule has 0 saturated carbocycles. The second-order valence-corrected chi connectivity index (χ2v) is 4.25. The fourth-order valence-corrected chi connectivity index (χ4v) is 2.04. The number of cyclic esters (lactones) is 1. The van der Waals surface area contributed by atoms with Crippen molar-refractivity contribution in [1.82, 2.24) is 10.4 Å². The van der Waals surface area contributed by atoms with Crippen molar-refractivity contribution in [3.8, 4) is 0 Å². The van der Waals surface area contributed by atoms with Crippen molar-refractivity contribution in [1.29, 1.82) is 0 Å². The molecule has 1 aliphatic heterocycles. The Morgan fingerprint density at radius 1 is 1.21 bits per heavy atom. The van der Waals surface area contributed by atoms with Gasteiger partial charge in [-0.3, -0.25) is 5.01 Å². The maximum absolute atomic E-state index is 11.7. The van der Waals surface area contributed by atoms with E-state index >= 15 is 0 Å². The highest BCUT2D eigenvalue weighted by Gasteiger charge is 2.31. The molecule has 0 saturated heterocycles. The van der Waals surface area contributed by atoms with E-state index in [4.69, 9.17) is 4.74 Å². The molecule has 2 aromatic rings. The number of hydrazine groups is 1. The van der Waals surface area contributed by atoms with Gasteiger partial charge in [-0.15, -0.1) is 0 Å². The summed E-state index contributed by atoms with van der Waals surface area (Å²) in [6, 6.07) is 13.0. The van der Waals surface area contributed by atoms with Gasteiger partial charge in [0.05, 0.1) is 5.56 Å². The molecule has 0 aliphatic carbocycles. The number of hydrogen-bond acceptors (Lipinski definition) is 5. The van der Waals surface area contributed by atoms with Gasteiger partial charge in [0.25, 0.3) is 0 Å². The summed E-state index contributed by atoms with van der Waals surface area (Å²) in [6.45, 7) is 0. The molecule has 0 fully saturated rings. The van der Waals surface area contributed by atoms with Crippen LogP contribution in [-0.2, 0) is 4.74 Å². The second kappa shape index (κ2) is 4.70. The smallest absolute Gasteiger partial charge is 0.340 e. The zero-order chi connectivity index (χ0) is 13.2. The molecule has 0 radical (unpaired) electrons. The largest absolute Gasteiger partial charge is 0.437 e. The van der Waals surface area contributed by atoms with E-state index in [9.17, 15) is 4.79 Å². The lowest BCUT2D eigenvalue weighted by Crippen LogP contribution is -2.38. The van der Waals surface area contributed by atoms with Crippen molar-refractivity contribution in [3.63, 3.8) is 0 Å². The number of nitrogens with one attached hydrogen (secondary N) is 1. The molecular formula is C14H13N3O2. The summed E-state index contributed by atoms with van der Waals surface area (Å²) in [5.74, 6) is 0.449. The topological polar surface area (TPSA) is 54.5 Å². The Hall–Kier alpha value is -2.40. The minimum absolute atomic E-state index is 0.303. The van der Waals surface area contributed by atoms with Gasteiger partial charge in [0.1, 0.15) is 5.82 Å². The number of aromatic nitrogens is 1. The van der Waals surface area contributed by atoms with Crippen molar-refractivity contribution in [2.24, 2.45) is 0 Å².